The number of hydrogen-bond donors (Lipinski definition) is 4. The normalized spacial score (nSPS) is 17.4. The molecule has 2 unspecified atom stereocenters. The molecule has 0 heterocycles. The molecule has 0 aliphatic rings. The Hall–Kier alpha value is -0.160. The number of aliphatic hydroxyl groups excluding tert-OH is 2. The molecule has 0 spiro atoms. The number of rotatable bonds is 4. The zero-order valence-electron chi connectivity index (χ0n) is 6.20. The van der Waals surface area contributed by atoms with E-state index in [1.807, 2.05) is 6.92 Å². The molecular weight excluding hydrogens is 132 g/mol. The van der Waals surface area contributed by atoms with E-state index in [2.05, 4.69) is 0 Å². The van der Waals surface area contributed by atoms with Crippen LogP contribution in [0, 0.1) is 5.92 Å². The van der Waals surface area contributed by atoms with E-state index in [-0.39, 0.29) is 6.61 Å². The summed E-state index contributed by atoms with van der Waals surface area (Å²) in [4.78, 5) is 0. The third-order valence-electron chi connectivity index (χ3n) is 1.62. The first-order valence-electron chi connectivity index (χ1n) is 3.43. The lowest BCUT2D eigenvalue weighted by Gasteiger charge is -2.22. The molecule has 0 aromatic heterocycles. The first-order chi connectivity index (χ1) is 4.63. The fourth-order valence-electron chi connectivity index (χ4n) is 0.803. The third kappa shape index (κ3) is 2.62. The summed E-state index contributed by atoms with van der Waals surface area (Å²) in [6.07, 6.45) is -0.666. The van der Waals surface area contributed by atoms with Crippen molar-refractivity contribution in [2.24, 2.45) is 17.4 Å². The first kappa shape index (κ1) is 9.84. The molecule has 0 aliphatic heterocycles. The Bertz CT molecular complexity index is 87.8. The Kier molecular flexibility index (Phi) is 4.55. The van der Waals surface area contributed by atoms with E-state index in [9.17, 15) is 0 Å². The highest BCUT2D eigenvalue weighted by Gasteiger charge is 2.20. The average molecular weight is 148 g/mol. The van der Waals surface area contributed by atoms with Crippen LogP contribution in [-0.2, 0) is 0 Å². The van der Waals surface area contributed by atoms with Gasteiger partial charge in [0.2, 0.25) is 0 Å². The van der Waals surface area contributed by atoms with Crippen molar-refractivity contribution in [2.75, 3.05) is 6.61 Å². The van der Waals surface area contributed by atoms with Crippen LogP contribution < -0.4 is 11.5 Å². The minimum absolute atomic E-state index is 0.160. The maximum Gasteiger partial charge on any atom is 0.0615 e. The number of aliphatic hydroxyl groups is 2. The summed E-state index contributed by atoms with van der Waals surface area (Å²) in [5.74, 6) is -0.398. The standard InChI is InChI=1S/C6H16N2O2/c1-2-5(10)4(3-9)6(7)8/h4-6,9-10H,2-3,7-8H2,1H3. The predicted molar refractivity (Wildman–Crippen MR) is 39.0 cm³/mol. The lowest BCUT2D eigenvalue weighted by atomic mass is 9.99. The first-order valence-corrected chi connectivity index (χ1v) is 3.43. The van der Waals surface area contributed by atoms with Crippen molar-refractivity contribution in [3.8, 4) is 0 Å². The Morgan fingerprint density at radius 3 is 2.00 bits per heavy atom. The summed E-state index contributed by atoms with van der Waals surface area (Å²) in [5, 5.41) is 17.8. The van der Waals surface area contributed by atoms with Crippen molar-refractivity contribution in [3.63, 3.8) is 0 Å². The van der Waals surface area contributed by atoms with Crippen molar-refractivity contribution < 1.29 is 10.2 Å². The van der Waals surface area contributed by atoms with Gasteiger partial charge >= 0.3 is 0 Å². The maximum atomic E-state index is 9.17. The molecule has 0 saturated heterocycles. The van der Waals surface area contributed by atoms with Gasteiger partial charge in [-0.15, -0.1) is 0 Å². The third-order valence-corrected chi connectivity index (χ3v) is 1.62. The van der Waals surface area contributed by atoms with Gasteiger partial charge in [0, 0.05) is 5.92 Å². The van der Waals surface area contributed by atoms with E-state index >= 15 is 0 Å². The second-order valence-corrected chi connectivity index (χ2v) is 2.40. The molecule has 0 amide bonds. The molecular formula is C6H16N2O2. The Labute approximate surface area is 60.8 Å². The molecule has 0 saturated carbocycles. The Morgan fingerprint density at radius 2 is 1.90 bits per heavy atom. The molecule has 0 fully saturated rings. The van der Waals surface area contributed by atoms with Crippen molar-refractivity contribution in [2.45, 2.75) is 25.6 Å². The molecule has 0 radical (unpaired) electrons. The van der Waals surface area contributed by atoms with Gasteiger partial charge in [-0.2, -0.15) is 0 Å². The fraction of sp³-hybridized carbons (Fsp3) is 1.00. The molecule has 4 heteroatoms. The highest BCUT2D eigenvalue weighted by atomic mass is 16.3. The topological polar surface area (TPSA) is 92.5 Å². The molecule has 0 aliphatic carbocycles. The van der Waals surface area contributed by atoms with Crippen molar-refractivity contribution in [3.05, 3.63) is 0 Å². The van der Waals surface area contributed by atoms with E-state index in [1.165, 1.54) is 0 Å². The highest BCUT2D eigenvalue weighted by Crippen LogP contribution is 2.06. The van der Waals surface area contributed by atoms with Crippen LogP contribution in [0.4, 0.5) is 0 Å². The van der Waals surface area contributed by atoms with Crippen LogP contribution in [-0.4, -0.2) is 29.1 Å². The second kappa shape index (κ2) is 4.62. The summed E-state index contributed by atoms with van der Waals surface area (Å²) < 4.78 is 0. The Balaban J connectivity index is 3.80. The van der Waals surface area contributed by atoms with Gasteiger partial charge in [-0.3, -0.25) is 0 Å². The van der Waals surface area contributed by atoms with Gasteiger partial charge in [0.05, 0.1) is 18.9 Å². The molecule has 0 aromatic rings. The van der Waals surface area contributed by atoms with Gasteiger partial charge in [0.15, 0.2) is 0 Å². The van der Waals surface area contributed by atoms with Crippen molar-refractivity contribution >= 4 is 0 Å². The summed E-state index contributed by atoms with van der Waals surface area (Å²) in [7, 11) is 0. The summed E-state index contributed by atoms with van der Waals surface area (Å²) >= 11 is 0. The van der Waals surface area contributed by atoms with E-state index in [1.54, 1.807) is 0 Å². The van der Waals surface area contributed by atoms with E-state index in [0.717, 1.165) is 0 Å². The molecule has 4 nitrogen and oxygen atoms in total. The molecule has 10 heavy (non-hydrogen) atoms. The quantitative estimate of drug-likeness (QED) is 0.369. The zero-order valence-corrected chi connectivity index (χ0v) is 6.20. The minimum Gasteiger partial charge on any atom is -0.396 e. The van der Waals surface area contributed by atoms with Gasteiger partial charge in [-0.1, -0.05) is 6.92 Å². The molecule has 2 atom stereocenters. The van der Waals surface area contributed by atoms with E-state index < -0.39 is 18.2 Å². The second-order valence-electron chi connectivity index (χ2n) is 2.40. The van der Waals surface area contributed by atoms with Gasteiger partial charge in [0.1, 0.15) is 0 Å². The summed E-state index contributed by atoms with van der Waals surface area (Å²) in [5.41, 5.74) is 10.6. The maximum absolute atomic E-state index is 9.17. The lowest BCUT2D eigenvalue weighted by Crippen LogP contribution is -2.46. The smallest absolute Gasteiger partial charge is 0.0615 e. The van der Waals surface area contributed by atoms with Gasteiger partial charge in [0.25, 0.3) is 0 Å². The van der Waals surface area contributed by atoms with Crippen LogP contribution in [0.15, 0.2) is 0 Å². The minimum atomic E-state index is -0.639. The SMILES string of the molecule is CCC(O)C(CO)C(N)N. The number of nitrogens with two attached hydrogens (primary N) is 2. The molecule has 6 N–H and O–H groups in total. The van der Waals surface area contributed by atoms with Gasteiger partial charge in [-0.05, 0) is 6.42 Å². The molecule has 0 rings (SSSR count). The van der Waals surface area contributed by atoms with Crippen LogP contribution in [0.25, 0.3) is 0 Å². The van der Waals surface area contributed by atoms with Crippen molar-refractivity contribution in [1.82, 2.24) is 0 Å². The van der Waals surface area contributed by atoms with Gasteiger partial charge in [-0.25, -0.2) is 0 Å². The molecule has 0 bridgehead atoms. The zero-order chi connectivity index (χ0) is 8.15. The highest BCUT2D eigenvalue weighted by molar-refractivity contribution is 4.73. The van der Waals surface area contributed by atoms with E-state index in [0.29, 0.717) is 6.42 Å². The molecule has 0 aromatic carbocycles. The van der Waals surface area contributed by atoms with Crippen LogP contribution in [0.3, 0.4) is 0 Å². The van der Waals surface area contributed by atoms with Crippen LogP contribution in [0.5, 0.6) is 0 Å². The largest absolute Gasteiger partial charge is 0.396 e. The predicted octanol–water partition coefficient (Wildman–Crippen LogP) is -1.39. The van der Waals surface area contributed by atoms with Crippen LogP contribution in [0.1, 0.15) is 13.3 Å². The summed E-state index contributed by atoms with van der Waals surface area (Å²) in [6.45, 7) is 1.66. The van der Waals surface area contributed by atoms with Gasteiger partial charge < -0.3 is 21.7 Å². The molecule has 62 valence electrons. The monoisotopic (exact) mass is 148 g/mol. The van der Waals surface area contributed by atoms with Crippen LogP contribution >= 0.6 is 0 Å². The Morgan fingerprint density at radius 1 is 1.40 bits per heavy atom. The lowest BCUT2D eigenvalue weighted by molar-refractivity contribution is 0.0512. The fourth-order valence-corrected chi connectivity index (χ4v) is 0.803. The van der Waals surface area contributed by atoms with Crippen LogP contribution in [0.2, 0.25) is 0 Å². The number of hydrogen-bond acceptors (Lipinski definition) is 4. The van der Waals surface area contributed by atoms with E-state index in [4.69, 9.17) is 21.7 Å². The average Bonchev–Trinajstić information content (AvgIpc) is 1.88. The van der Waals surface area contributed by atoms with Crippen molar-refractivity contribution in [1.29, 1.82) is 0 Å². The summed E-state index contributed by atoms with van der Waals surface area (Å²) in [6, 6.07) is 0.